The number of imidazole rings is 1. The molecule has 0 unspecified atom stereocenters. The van der Waals surface area contributed by atoms with Crippen LogP contribution >= 0.6 is 0 Å². The van der Waals surface area contributed by atoms with Gasteiger partial charge in [0, 0.05) is 25.4 Å². The molecule has 0 saturated carbocycles. The molecule has 0 aliphatic carbocycles. The normalized spacial score (nSPS) is 14.6. The highest BCUT2D eigenvalue weighted by Gasteiger charge is 2.16. The number of hydrogen-bond donors (Lipinski definition) is 0. The van der Waals surface area contributed by atoms with Gasteiger partial charge in [-0.25, -0.2) is 4.98 Å². The SMILES string of the molecule is c1cn(Cc2nnc3n2CCC3)cn1. The molecule has 0 amide bonds. The zero-order valence-corrected chi connectivity index (χ0v) is 7.80. The Kier molecular flexibility index (Phi) is 1.62. The van der Waals surface area contributed by atoms with Gasteiger partial charge in [-0.15, -0.1) is 10.2 Å². The second-order valence-electron chi connectivity index (χ2n) is 3.52. The highest BCUT2D eigenvalue weighted by molar-refractivity contribution is 5.01. The standard InChI is InChI=1S/C9H11N5/c1-2-8-11-12-9(14(8)4-1)6-13-5-3-10-7-13/h3,5,7H,1-2,4,6H2. The van der Waals surface area contributed by atoms with Gasteiger partial charge in [0.25, 0.3) is 0 Å². The summed E-state index contributed by atoms with van der Waals surface area (Å²) in [6, 6.07) is 0. The van der Waals surface area contributed by atoms with E-state index >= 15 is 0 Å². The number of nitrogens with zero attached hydrogens (tertiary/aromatic N) is 5. The molecule has 14 heavy (non-hydrogen) atoms. The van der Waals surface area contributed by atoms with E-state index in [0.29, 0.717) is 0 Å². The van der Waals surface area contributed by atoms with E-state index in [-0.39, 0.29) is 0 Å². The van der Waals surface area contributed by atoms with Crippen LogP contribution in [-0.4, -0.2) is 24.3 Å². The first kappa shape index (κ1) is 7.73. The molecule has 2 aromatic heterocycles. The Balaban J connectivity index is 1.90. The summed E-state index contributed by atoms with van der Waals surface area (Å²) in [6.07, 6.45) is 7.78. The average Bonchev–Trinajstić information content (AvgIpc) is 2.85. The topological polar surface area (TPSA) is 48.5 Å². The van der Waals surface area contributed by atoms with Crippen LogP contribution in [0, 0.1) is 0 Å². The minimum absolute atomic E-state index is 0.771. The van der Waals surface area contributed by atoms with Gasteiger partial charge in [0.15, 0.2) is 5.82 Å². The zero-order valence-electron chi connectivity index (χ0n) is 7.80. The van der Waals surface area contributed by atoms with Crippen molar-refractivity contribution in [3.05, 3.63) is 30.4 Å². The van der Waals surface area contributed by atoms with E-state index in [4.69, 9.17) is 0 Å². The second-order valence-corrected chi connectivity index (χ2v) is 3.52. The van der Waals surface area contributed by atoms with Gasteiger partial charge in [-0.2, -0.15) is 0 Å². The van der Waals surface area contributed by atoms with Crippen molar-refractivity contribution in [1.82, 2.24) is 24.3 Å². The molecule has 1 aliphatic heterocycles. The molecule has 2 aromatic rings. The number of fused-ring (bicyclic) bond motifs is 1. The molecule has 0 radical (unpaired) electrons. The van der Waals surface area contributed by atoms with E-state index in [1.165, 1.54) is 6.42 Å². The number of aryl methyl sites for hydroxylation is 1. The lowest BCUT2D eigenvalue weighted by Gasteiger charge is -2.02. The summed E-state index contributed by atoms with van der Waals surface area (Å²) in [5.74, 6) is 2.16. The zero-order chi connectivity index (χ0) is 9.38. The van der Waals surface area contributed by atoms with Crippen molar-refractivity contribution in [1.29, 1.82) is 0 Å². The van der Waals surface area contributed by atoms with Crippen LogP contribution in [0.2, 0.25) is 0 Å². The van der Waals surface area contributed by atoms with Crippen LogP contribution in [-0.2, 0) is 19.5 Å². The Bertz CT molecular complexity index is 428. The minimum atomic E-state index is 0.771. The van der Waals surface area contributed by atoms with Crippen LogP contribution in [0.5, 0.6) is 0 Å². The third-order valence-electron chi connectivity index (χ3n) is 2.57. The second kappa shape index (κ2) is 2.94. The Hall–Kier alpha value is -1.65. The summed E-state index contributed by atoms with van der Waals surface area (Å²) in [5, 5.41) is 8.33. The monoisotopic (exact) mass is 189 g/mol. The molecule has 0 saturated heterocycles. The van der Waals surface area contributed by atoms with Crippen LogP contribution in [0.15, 0.2) is 18.7 Å². The van der Waals surface area contributed by atoms with Crippen molar-refractivity contribution in [2.45, 2.75) is 25.9 Å². The highest BCUT2D eigenvalue weighted by atomic mass is 15.3. The molecule has 1 aliphatic rings. The summed E-state index contributed by atoms with van der Waals surface area (Å²) in [7, 11) is 0. The third-order valence-corrected chi connectivity index (χ3v) is 2.57. The van der Waals surface area contributed by atoms with E-state index < -0.39 is 0 Å². The molecule has 0 N–H and O–H groups in total. The molecular formula is C9H11N5. The quantitative estimate of drug-likeness (QED) is 0.690. The highest BCUT2D eigenvalue weighted by Crippen LogP contribution is 2.14. The lowest BCUT2D eigenvalue weighted by molar-refractivity contribution is 0.645. The number of hydrogen-bond acceptors (Lipinski definition) is 3. The van der Waals surface area contributed by atoms with Crippen LogP contribution < -0.4 is 0 Å². The van der Waals surface area contributed by atoms with Gasteiger partial charge in [0.2, 0.25) is 0 Å². The Morgan fingerprint density at radius 1 is 1.36 bits per heavy atom. The maximum atomic E-state index is 4.18. The molecule has 5 nitrogen and oxygen atoms in total. The largest absolute Gasteiger partial charge is 0.330 e. The van der Waals surface area contributed by atoms with E-state index in [2.05, 4.69) is 19.7 Å². The van der Waals surface area contributed by atoms with Gasteiger partial charge >= 0.3 is 0 Å². The fourth-order valence-electron chi connectivity index (χ4n) is 1.87. The van der Waals surface area contributed by atoms with Gasteiger partial charge in [-0.05, 0) is 6.42 Å². The van der Waals surface area contributed by atoms with Gasteiger partial charge in [0.05, 0.1) is 12.9 Å². The molecule has 3 rings (SSSR count). The van der Waals surface area contributed by atoms with Crippen molar-refractivity contribution >= 4 is 0 Å². The third kappa shape index (κ3) is 1.13. The lowest BCUT2D eigenvalue weighted by Crippen LogP contribution is -2.05. The molecule has 0 fully saturated rings. The van der Waals surface area contributed by atoms with Gasteiger partial charge in [0.1, 0.15) is 5.82 Å². The van der Waals surface area contributed by atoms with Gasteiger partial charge in [-0.3, -0.25) is 0 Å². The summed E-state index contributed by atoms with van der Waals surface area (Å²) in [6.45, 7) is 1.83. The summed E-state index contributed by atoms with van der Waals surface area (Å²) >= 11 is 0. The number of rotatable bonds is 2. The van der Waals surface area contributed by atoms with Crippen LogP contribution in [0.4, 0.5) is 0 Å². The van der Waals surface area contributed by atoms with Crippen LogP contribution in [0.1, 0.15) is 18.1 Å². The van der Waals surface area contributed by atoms with Crippen molar-refractivity contribution in [2.75, 3.05) is 0 Å². The molecule has 72 valence electrons. The van der Waals surface area contributed by atoms with Crippen LogP contribution in [0.25, 0.3) is 0 Å². The fraction of sp³-hybridized carbons (Fsp3) is 0.444. The summed E-state index contributed by atoms with van der Waals surface area (Å²) in [5.41, 5.74) is 0. The van der Waals surface area contributed by atoms with Gasteiger partial charge in [-0.1, -0.05) is 0 Å². The Labute approximate surface area is 81.4 Å². The lowest BCUT2D eigenvalue weighted by atomic mass is 10.4. The van der Waals surface area contributed by atoms with Crippen molar-refractivity contribution in [3.63, 3.8) is 0 Å². The van der Waals surface area contributed by atoms with Crippen molar-refractivity contribution in [2.24, 2.45) is 0 Å². The first-order valence-electron chi connectivity index (χ1n) is 4.80. The smallest absolute Gasteiger partial charge is 0.153 e. The molecule has 0 atom stereocenters. The van der Waals surface area contributed by atoms with E-state index in [1.54, 1.807) is 12.5 Å². The van der Waals surface area contributed by atoms with E-state index in [9.17, 15) is 0 Å². The fourth-order valence-corrected chi connectivity index (χ4v) is 1.87. The molecule has 0 aromatic carbocycles. The van der Waals surface area contributed by atoms with Crippen LogP contribution in [0.3, 0.4) is 0 Å². The molecule has 0 spiro atoms. The number of aromatic nitrogens is 5. The molecule has 3 heterocycles. The maximum absolute atomic E-state index is 4.18. The molecule has 5 heteroatoms. The first-order valence-corrected chi connectivity index (χ1v) is 4.80. The Morgan fingerprint density at radius 2 is 2.36 bits per heavy atom. The Morgan fingerprint density at radius 3 is 3.21 bits per heavy atom. The molecule has 0 bridgehead atoms. The van der Waals surface area contributed by atoms with Gasteiger partial charge < -0.3 is 9.13 Å². The van der Waals surface area contributed by atoms with Crippen molar-refractivity contribution < 1.29 is 0 Å². The minimum Gasteiger partial charge on any atom is -0.330 e. The maximum Gasteiger partial charge on any atom is 0.153 e. The molecular weight excluding hydrogens is 178 g/mol. The van der Waals surface area contributed by atoms with E-state index in [0.717, 1.165) is 31.2 Å². The van der Waals surface area contributed by atoms with Crippen molar-refractivity contribution in [3.8, 4) is 0 Å². The van der Waals surface area contributed by atoms with E-state index in [1.807, 2.05) is 10.8 Å². The first-order chi connectivity index (χ1) is 6.93. The predicted molar refractivity (Wildman–Crippen MR) is 49.7 cm³/mol. The average molecular weight is 189 g/mol. The summed E-state index contributed by atoms with van der Waals surface area (Å²) < 4.78 is 4.22. The summed E-state index contributed by atoms with van der Waals surface area (Å²) in [4.78, 5) is 4.00. The predicted octanol–water partition coefficient (Wildman–Crippen LogP) is 0.469.